The van der Waals surface area contributed by atoms with Gasteiger partial charge < -0.3 is 14.7 Å². The van der Waals surface area contributed by atoms with Crippen LogP contribution in [0.1, 0.15) is 25.3 Å². The fourth-order valence-corrected chi connectivity index (χ4v) is 2.94. The Bertz CT molecular complexity index is 553. The summed E-state index contributed by atoms with van der Waals surface area (Å²) in [5.74, 6) is -0.592. The molecule has 1 saturated heterocycles. The van der Waals surface area contributed by atoms with E-state index in [0.717, 1.165) is 10.0 Å². The van der Waals surface area contributed by atoms with Crippen molar-refractivity contribution in [3.05, 3.63) is 34.3 Å². The molecule has 1 aromatic carbocycles. The summed E-state index contributed by atoms with van der Waals surface area (Å²) in [4.78, 5) is 25.8. The molecule has 0 unspecified atom stereocenters. The van der Waals surface area contributed by atoms with Crippen molar-refractivity contribution in [3.63, 3.8) is 0 Å². The molecular weight excluding hydrogens is 350 g/mol. The Hall–Kier alpha value is -1.40. The molecule has 0 saturated carbocycles. The van der Waals surface area contributed by atoms with Gasteiger partial charge in [-0.25, -0.2) is 4.79 Å². The average Bonchev–Trinajstić information content (AvgIpc) is 2.50. The molecular formula is C16H20BrNO4. The maximum Gasteiger partial charge on any atom is 0.338 e. The van der Waals surface area contributed by atoms with Crippen molar-refractivity contribution in [2.75, 3.05) is 19.7 Å². The Morgan fingerprint density at radius 3 is 2.55 bits per heavy atom. The van der Waals surface area contributed by atoms with Crippen LogP contribution in [0, 0.1) is 0 Å². The lowest BCUT2D eigenvalue weighted by atomic mass is 9.91. The fraction of sp³-hybridized carbons (Fsp3) is 0.500. The highest BCUT2D eigenvalue weighted by Gasteiger charge is 2.41. The summed E-state index contributed by atoms with van der Waals surface area (Å²) in [6, 6.07) is 7.60. The lowest BCUT2D eigenvalue weighted by molar-refractivity contribution is -0.171. The van der Waals surface area contributed by atoms with Crippen molar-refractivity contribution in [1.29, 1.82) is 0 Å². The summed E-state index contributed by atoms with van der Waals surface area (Å²) in [6.45, 7) is 2.67. The van der Waals surface area contributed by atoms with Gasteiger partial charge in [-0.1, -0.05) is 34.1 Å². The minimum Gasteiger partial charge on any atom is -0.464 e. The summed E-state index contributed by atoms with van der Waals surface area (Å²) in [5, 5.41) is 10.3. The second-order valence-electron chi connectivity index (χ2n) is 5.40. The van der Waals surface area contributed by atoms with Crippen molar-refractivity contribution < 1.29 is 19.4 Å². The molecule has 120 valence electrons. The van der Waals surface area contributed by atoms with Crippen molar-refractivity contribution in [3.8, 4) is 0 Å². The fourth-order valence-electron chi connectivity index (χ4n) is 2.51. The minimum absolute atomic E-state index is 0.00203. The quantitative estimate of drug-likeness (QED) is 0.823. The van der Waals surface area contributed by atoms with E-state index in [-0.39, 0.29) is 25.4 Å². The highest BCUT2D eigenvalue weighted by Crippen LogP contribution is 2.25. The van der Waals surface area contributed by atoms with Crippen LogP contribution in [0.3, 0.4) is 0 Å². The first-order valence-electron chi connectivity index (χ1n) is 7.37. The zero-order chi connectivity index (χ0) is 16.2. The predicted molar refractivity (Wildman–Crippen MR) is 85.2 cm³/mol. The normalized spacial score (nSPS) is 17.1. The van der Waals surface area contributed by atoms with Crippen LogP contribution in [0.25, 0.3) is 0 Å². The predicted octanol–water partition coefficient (Wildman–Crippen LogP) is 1.91. The molecule has 22 heavy (non-hydrogen) atoms. The van der Waals surface area contributed by atoms with Gasteiger partial charge >= 0.3 is 5.97 Å². The van der Waals surface area contributed by atoms with Crippen molar-refractivity contribution in [1.82, 2.24) is 4.90 Å². The van der Waals surface area contributed by atoms with E-state index in [1.807, 2.05) is 24.3 Å². The first-order valence-corrected chi connectivity index (χ1v) is 8.16. The molecule has 0 spiro atoms. The van der Waals surface area contributed by atoms with E-state index >= 15 is 0 Å². The summed E-state index contributed by atoms with van der Waals surface area (Å²) in [7, 11) is 0. The minimum atomic E-state index is -1.46. The number of amides is 1. The lowest BCUT2D eigenvalue weighted by Gasteiger charge is -2.36. The van der Waals surface area contributed by atoms with Gasteiger partial charge in [-0.3, -0.25) is 4.79 Å². The van der Waals surface area contributed by atoms with E-state index in [9.17, 15) is 14.7 Å². The van der Waals surface area contributed by atoms with Crippen LogP contribution in [0.4, 0.5) is 0 Å². The number of likely N-dealkylation sites (tertiary alicyclic amines) is 1. The van der Waals surface area contributed by atoms with Crippen LogP contribution >= 0.6 is 15.9 Å². The average molecular weight is 370 g/mol. The summed E-state index contributed by atoms with van der Waals surface area (Å²) >= 11 is 3.43. The maximum absolute atomic E-state index is 12.3. The molecule has 1 heterocycles. The summed E-state index contributed by atoms with van der Waals surface area (Å²) in [6.07, 6.45) is 0.736. The van der Waals surface area contributed by atoms with E-state index < -0.39 is 11.6 Å². The molecule has 1 N–H and O–H groups in total. The molecule has 2 rings (SSSR count). The van der Waals surface area contributed by atoms with E-state index in [4.69, 9.17) is 4.74 Å². The third-order valence-corrected chi connectivity index (χ3v) is 4.67. The van der Waals surface area contributed by atoms with Gasteiger partial charge in [0.05, 0.1) is 13.0 Å². The largest absolute Gasteiger partial charge is 0.464 e. The molecule has 1 aliphatic rings. The molecule has 0 aliphatic carbocycles. The standard InChI is InChI=1S/C16H20BrNO4/c1-2-22-15(20)16(21)7-9-18(10-8-16)14(19)11-12-5-3-4-6-13(12)17/h3-6,21H,2,7-11H2,1H3. The number of rotatable bonds is 4. The smallest absolute Gasteiger partial charge is 0.338 e. The second-order valence-corrected chi connectivity index (χ2v) is 6.26. The highest BCUT2D eigenvalue weighted by atomic mass is 79.9. The zero-order valence-electron chi connectivity index (χ0n) is 12.5. The maximum atomic E-state index is 12.3. The third-order valence-electron chi connectivity index (χ3n) is 3.90. The SMILES string of the molecule is CCOC(=O)C1(O)CCN(C(=O)Cc2ccccc2Br)CC1. The number of aliphatic hydroxyl groups is 1. The Morgan fingerprint density at radius 1 is 1.32 bits per heavy atom. The first kappa shape index (κ1) is 17.0. The molecule has 1 aliphatic heterocycles. The molecule has 0 bridgehead atoms. The van der Waals surface area contributed by atoms with Gasteiger partial charge in [0.1, 0.15) is 0 Å². The molecule has 0 atom stereocenters. The molecule has 0 aromatic heterocycles. The number of carbonyl (C=O) groups excluding carboxylic acids is 2. The molecule has 0 radical (unpaired) electrons. The number of carbonyl (C=O) groups is 2. The third kappa shape index (κ3) is 3.87. The zero-order valence-corrected chi connectivity index (χ0v) is 14.1. The Kier molecular flexibility index (Phi) is 5.58. The van der Waals surface area contributed by atoms with Gasteiger partial charge in [-0.2, -0.15) is 0 Å². The van der Waals surface area contributed by atoms with Gasteiger partial charge in [0.25, 0.3) is 0 Å². The van der Waals surface area contributed by atoms with Gasteiger partial charge in [-0.15, -0.1) is 0 Å². The van der Waals surface area contributed by atoms with Gasteiger partial charge in [-0.05, 0) is 18.6 Å². The Balaban J connectivity index is 1.93. The second kappa shape index (κ2) is 7.24. The van der Waals surface area contributed by atoms with Crippen LogP contribution in [0.2, 0.25) is 0 Å². The number of esters is 1. The van der Waals surface area contributed by atoms with Gasteiger partial charge in [0.2, 0.25) is 5.91 Å². The topological polar surface area (TPSA) is 66.8 Å². The van der Waals surface area contributed by atoms with Crippen LogP contribution in [-0.2, 0) is 20.7 Å². The molecule has 5 nitrogen and oxygen atoms in total. The molecule has 1 aromatic rings. The number of piperidine rings is 1. The number of hydrogen-bond acceptors (Lipinski definition) is 4. The molecule has 6 heteroatoms. The number of benzene rings is 1. The van der Waals surface area contributed by atoms with Crippen LogP contribution in [-0.4, -0.2) is 47.2 Å². The summed E-state index contributed by atoms with van der Waals surface area (Å²) in [5.41, 5.74) is -0.529. The van der Waals surface area contributed by atoms with Crippen LogP contribution in [0.5, 0.6) is 0 Å². The number of halogens is 1. The monoisotopic (exact) mass is 369 g/mol. The molecule has 1 amide bonds. The molecule has 1 fully saturated rings. The Labute approximate surface area is 138 Å². The van der Waals surface area contributed by atoms with Crippen molar-refractivity contribution >= 4 is 27.8 Å². The van der Waals surface area contributed by atoms with Gasteiger partial charge in [0.15, 0.2) is 5.60 Å². The van der Waals surface area contributed by atoms with E-state index in [1.165, 1.54) is 0 Å². The van der Waals surface area contributed by atoms with E-state index in [0.29, 0.717) is 19.5 Å². The van der Waals surface area contributed by atoms with Crippen molar-refractivity contribution in [2.24, 2.45) is 0 Å². The van der Waals surface area contributed by atoms with E-state index in [1.54, 1.807) is 11.8 Å². The van der Waals surface area contributed by atoms with Gasteiger partial charge in [0, 0.05) is 30.4 Å². The van der Waals surface area contributed by atoms with Crippen LogP contribution in [0.15, 0.2) is 28.7 Å². The number of hydrogen-bond donors (Lipinski definition) is 1. The lowest BCUT2D eigenvalue weighted by Crippen LogP contribution is -2.51. The van der Waals surface area contributed by atoms with Crippen LogP contribution < -0.4 is 0 Å². The number of nitrogens with zero attached hydrogens (tertiary/aromatic N) is 1. The van der Waals surface area contributed by atoms with Crippen molar-refractivity contribution in [2.45, 2.75) is 31.8 Å². The summed E-state index contributed by atoms with van der Waals surface area (Å²) < 4.78 is 5.80. The van der Waals surface area contributed by atoms with E-state index in [2.05, 4.69) is 15.9 Å². The Morgan fingerprint density at radius 2 is 1.95 bits per heavy atom. The highest BCUT2D eigenvalue weighted by molar-refractivity contribution is 9.10. The number of ether oxygens (including phenoxy) is 1. The first-order chi connectivity index (χ1) is 10.5.